The lowest BCUT2D eigenvalue weighted by Gasteiger charge is -2.06. The van der Waals surface area contributed by atoms with Crippen molar-refractivity contribution < 1.29 is 4.79 Å². The van der Waals surface area contributed by atoms with Crippen molar-refractivity contribution in [2.75, 3.05) is 13.1 Å². The Morgan fingerprint density at radius 2 is 2.13 bits per heavy atom. The molecule has 1 atom stereocenters. The van der Waals surface area contributed by atoms with Crippen molar-refractivity contribution in [3.63, 3.8) is 0 Å². The van der Waals surface area contributed by atoms with E-state index in [0.29, 0.717) is 17.4 Å². The number of benzene rings is 1. The Morgan fingerprint density at radius 3 is 2.73 bits per heavy atom. The summed E-state index contributed by atoms with van der Waals surface area (Å²) in [7, 11) is 0. The van der Waals surface area contributed by atoms with Gasteiger partial charge in [0.2, 0.25) is 0 Å². The predicted molar refractivity (Wildman–Crippen MR) is 61.4 cm³/mol. The van der Waals surface area contributed by atoms with Crippen LogP contribution in [-0.2, 0) is 0 Å². The minimum Gasteiger partial charge on any atom is -0.316 e. The molecule has 2 nitrogen and oxygen atoms in total. The smallest absolute Gasteiger partial charge is 0.163 e. The normalized spacial score (nSPS) is 20.5. The first-order chi connectivity index (χ1) is 7.25. The molecule has 0 aliphatic carbocycles. The lowest BCUT2D eigenvalue weighted by Crippen LogP contribution is -2.12. The number of rotatable bonds is 3. The average molecular weight is 224 g/mol. The van der Waals surface area contributed by atoms with E-state index in [2.05, 4.69) is 5.32 Å². The Hall–Kier alpha value is -0.860. The summed E-state index contributed by atoms with van der Waals surface area (Å²) in [4.78, 5) is 11.8. The maximum atomic E-state index is 11.8. The molecule has 80 valence electrons. The molecule has 0 amide bonds. The highest BCUT2D eigenvalue weighted by Gasteiger charge is 2.18. The number of hydrogen-bond donors (Lipinski definition) is 1. The maximum absolute atomic E-state index is 11.8. The SMILES string of the molecule is O=C(CC1CCNC1)c1ccc(Cl)cc1. The molecule has 1 aliphatic rings. The van der Waals surface area contributed by atoms with Crippen LogP contribution in [0.4, 0.5) is 0 Å². The maximum Gasteiger partial charge on any atom is 0.163 e. The molecular weight excluding hydrogens is 210 g/mol. The Labute approximate surface area is 94.6 Å². The first-order valence-electron chi connectivity index (χ1n) is 5.25. The molecule has 0 aromatic heterocycles. The lowest BCUT2D eigenvalue weighted by atomic mass is 9.98. The highest BCUT2D eigenvalue weighted by molar-refractivity contribution is 6.30. The fraction of sp³-hybridized carbons (Fsp3) is 0.417. The zero-order chi connectivity index (χ0) is 10.7. The summed E-state index contributed by atoms with van der Waals surface area (Å²) in [6.07, 6.45) is 1.76. The summed E-state index contributed by atoms with van der Waals surface area (Å²) >= 11 is 5.77. The molecule has 1 aromatic rings. The molecule has 0 saturated carbocycles. The van der Waals surface area contributed by atoms with Crippen LogP contribution >= 0.6 is 11.6 Å². The fourth-order valence-electron chi connectivity index (χ4n) is 1.90. The average Bonchev–Trinajstić information content (AvgIpc) is 2.71. The molecule has 2 rings (SSSR count). The topological polar surface area (TPSA) is 29.1 Å². The molecule has 1 fully saturated rings. The standard InChI is InChI=1S/C12H14ClNO/c13-11-3-1-10(2-4-11)12(15)7-9-5-6-14-8-9/h1-4,9,14H,5-8H2. The van der Waals surface area contributed by atoms with Crippen molar-refractivity contribution in [2.24, 2.45) is 5.92 Å². The summed E-state index contributed by atoms with van der Waals surface area (Å²) in [6, 6.07) is 7.13. The van der Waals surface area contributed by atoms with Gasteiger partial charge in [-0.25, -0.2) is 0 Å². The first-order valence-corrected chi connectivity index (χ1v) is 5.63. The molecule has 3 heteroatoms. The third-order valence-corrected chi connectivity index (χ3v) is 3.05. The van der Waals surface area contributed by atoms with Crippen molar-refractivity contribution in [2.45, 2.75) is 12.8 Å². The number of ketones is 1. The molecule has 1 heterocycles. The molecule has 0 radical (unpaired) electrons. The Bertz CT molecular complexity index is 341. The van der Waals surface area contributed by atoms with Crippen molar-refractivity contribution in [1.82, 2.24) is 5.32 Å². The molecule has 1 saturated heterocycles. The van der Waals surface area contributed by atoms with Crippen LogP contribution in [0.3, 0.4) is 0 Å². The van der Waals surface area contributed by atoms with E-state index in [0.717, 1.165) is 25.1 Å². The van der Waals surface area contributed by atoms with E-state index < -0.39 is 0 Å². The van der Waals surface area contributed by atoms with Gasteiger partial charge >= 0.3 is 0 Å². The second kappa shape index (κ2) is 4.77. The summed E-state index contributed by atoms with van der Waals surface area (Å²) in [5, 5.41) is 3.94. The van der Waals surface area contributed by atoms with Gasteiger partial charge in [-0.3, -0.25) is 4.79 Å². The van der Waals surface area contributed by atoms with E-state index in [1.54, 1.807) is 24.3 Å². The molecule has 0 spiro atoms. The molecule has 1 unspecified atom stereocenters. The van der Waals surface area contributed by atoms with E-state index in [9.17, 15) is 4.79 Å². The largest absolute Gasteiger partial charge is 0.316 e. The Kier molecular flexibility index (Phi) is 3.39. The van der Waals surface area contributed by atoms with Gasteiger partial charge in [0.25, 0.3) is 0 Å². The van der Waals surface area contributed by atoms with Crippen molar-refractivity contribution in [3.05, 3.63) is 34.9 Å². The van der Waals surface area contributed by atoms with Crippen molar-refractivity contribution in [1.29, 1.82) is 0 Å². The molecule has 0 bridgehead atoms. The zero-order valence-electron chi connectivity index (χ0n) is 8.50. The van der Waals surface area contributed by atoms with Gasteiger partial charge in [0, 0.05) is 17.0 Å². The second-order valence-corrected chi connectivity index (χ2v) is 4.43. The molecule has 15 heavy (non-hydrogen) atoms. The number of carbonyl (C=O) groups excluding carboxylic acids is 1. The van der Waals surface area contributed by atoms with Crippen LogP contribution in [0.25, 0.3) is 0 Å². The van der Waals surface area contributed by atoms with Gasteiger partial charge in [-0.05, 0) is 49.7 Å². The van der Waals surface area contributed by atoms with Gasteiger partial charge in [0.1, 0.15) is 0 Å². The summed E-state index contributed by atoms with van der Waals surface area (Å²) in [5.74, 6) is 0.730. The Balaban J connectivity index is 1.98. The van der Waals surface area contributed by atoms with Gasteiger partial charge in [-0.15, -0.1) is 0 Å². The summed E-state index contributed by atoms with van der Waals surface area (Å²) in [6.45, 7) is 2.01. The zero-order valence-corrected chi connectivity index (χ0v) is 9.26. The third kappa shape index (κ3) is 2.80. The quantitative estimate of drug-likeness (QED) is 0.798. The minimum atomic E-state index is 0.223. The predicted octanol–water partition coefficient (Wildman–Crippen LogP) is 2.52. The van der Waals surface area contributed by atoms with Crippen LogP contribution in [0, 0.1) is 5.92 Å². The summed E-state index contributed by atoms with van der Waals surface area (Å²) in [5.41, 5.74) is 0.770. The first kappa shape index (κ1) is 10.7. The lowest BCUT2D eigenvalue weighted by molar-refractivity contribution is 0.0964. The highest BCUT2D eigenvalue weighted by Crippen LogP contribution is 2.17. The molecule has 1 aromatic carbocycles. The van der Waals surface area contributed by atoms with Crippen LogP contribution in [0.2, 0.25) is 5.02 Å². The van der Waals surface area contributed by atoms with Gasteiger partial charge in [0.15, 0.2) is 5.78 Å². The number of Topliss-reactive ketones (excluding diaryl/α,β-unsaturated/α-hetero) is 1. The molecule has 1 N–H and O–H groups in total. The number of hydrogen-bond acceptors (Lipinski definition) is 2. The monoisotopic (exact) mass is 223 g/mol. The van der Waals surface area contributed by atoms with Gasteiger partial charge in [-0.1, -0.05) is 11.6 Å². The second-order valence-electron chi connectivity index (χ2n) is 3.99. The van der Waals surface area contributed by atoms with E-state index in [1.165, 1.54) is 0 Å². The Morgan fingerprint density at radius 1 is 1.40 bits per heavy atom. The highest BCUT2D eigenvalue weighted by atomic mass is 35.5. The van der Waals surface area contributed by atoms with Crippen molar-refractivity contribution in [3.8, 4) is 0 Å². The van der Waals surface area contributed by atoms with E-state index in [4.69, 9.17) is 11.6 Å². The van der Waals surface area contributed by atoms with E-state index in [-0.39, 0.29) is 5.78 Å². The number of carbonyl (C=O) groups is 1. The number of nitrogens with one attached hydrogen (secondary N) is 1. The van der Waals surface area contributed by atoms with Crippen LogP contribution in [0.15, 0.2) is 24.3 Å². The summed E-state index contributed by atoms with van der Waals surface area (Å²) < 4.78 is 0. The molecule has 1 aliphatic heterocycles. The minimum absolute atomic E-state index is 0.223. The van der Waals surface area contributed by atoms with E-state index >= 15 is 0 Å². The third-order valence-electron chi connectivity index (χ3n) is 2.80. The van der Waals surface area contributed by atoms with Gasteiger partial charge in [-0.2, -0.15) is 0 Å². The van der Waals surface area contributed by atoms with Crippen LogP contribution < -0.4 is 5.32 Å². The van der Waals surface area contributed by atoms with Crippen molar-refractivity contribution >= 4 is 17.4 Å². The number of halogens is 1. The van der Waals surface area contributed by atoms with E-state index in [1.807, 2.05) is 0 Å². The van der Waals surface area contributed by atoms with Crippen LogP contribution in [-0.4, -0.2) is 18.9 Å². The van der Waals surface area contributed by atoms with Gasteiger partial charge < -0.3 is 5.32 Å². The fourth-order valence-corrected chi connectivity index (χ4v) is 2.03. The van der Waals surface area contributed by atoms with Crippen LogP contribution in [0.5, 0.6) is 0 Å². The van der Waals surface area contributed by atoms with Gasteiger partial charge in [0.05, 0.1) is 0 Å². The molecular formula is C12H14ClNO. The van der Waals surface area contributed by atoms with Crippen LogP contribution in [0.1, 0.15) is 23.2 Å².